The number of methoxy groups -OCH3 is 1. The molecule has 0 atom stereocenters. The highest BCUT2D eigenvalue weighted by atomic mass is 16.5. The van der Waals surface area contributed by atoms with Crippen molar-refractivity contribution in [2.45, 2.75) is 39.2 Å². The number of unbranched alkanes of at least 4 members (excludes halogenated alkanes) is 3. The van der Waals surface area contributed by atoms with Gasteiger partial charge in [0.05, 0.1) is 7.11 Å². The zero-order valence-electron chi connectivity index (χ0n) is 9.65. The van der Waals surface area contributed by atoms with Gasteiger partial charge in [-0.15, -0.1) is 5.10 Å². The van der Waals surface area contributed by atoms with Gasteiger partial charge >= 0.3 is 11.5 Å². The molecule has 0 radical (unpaired) electrons. The van der Waals surface area contributed by atoms with Crippen molar-refractivity contribution >= 4 is 5.97 Å². The summed E-state index contributed by atoms with van der Waals surface area (Å²) in [5, 5.41) is 6.16. The molecule has 1 heterocycles. The Hall–Kier alpha value is -1.59. The summed E-state index contributed by atoms with van der Waals surface area (Å²) >= 11 is 0. The molecular formula is C10H17N3O3. The van der Waals surface area contributed by atoms with Gasteiger partial charge in [0.25, 0.3) is 0 Å². The number of hydrogen-bond acceptors (Lipinski definition) is 4. The van der Waals surface area contributed by atoms with Crippen molar-refractivity contribution in [1.82, 2.24) is 15.0 Å². The number of carbonyl (C=O) groups is 1. The molecule has 0 saturated carbocycles. The normalized spacial score (nSPS) is 10.4. The molecule has 0 spiro atoms. The summed E-state index contributed by atoms with van der Waals surface area (Å²) in [7, 11) is 1.22. The number of esters is 1. The predicted octanol–water partition coefficient (Wildman–Crippen LogP) is 0.938. The lowest BCUT2D eigenvalue weighted by molar-refractivity contribution is 0.0592. The van der Waals surface area contributed by atoms with E-state index in [0.717, 1.165) is 25.7 Å². The lowest BCUT2D eigenvalue weighted by Gasteiger charge is -1.99. The van der Waals surface area contributed by atoms with Gasteiger partial charge in [-0.2, -0.15) is 0 Å². The average Bonchev–Trinajstić information content (AvgIpc) is 2.65. The standard InChI is InChI=1S/C10H17N3O3/c1-3-4-5-6-7-13-9(14)8(11-12-13)10(15)16-2/h12H,3-7H2,1-2H3. The smallest absolute Gasteiger partial charge is 0.364 e. The van der Waals surface area contributed by atoms with E-state index in [1.165, 1.54) is 11.8 Å². The van der Waals surface area contributed by atoms with Crippen LogP contribution in [-0.2, 0) is 11.3 Å². The second-order valence-corrected chi connectivity index (χ2v) is 3.57. The Morgan fingerprint density at radius 3 is 2.81 bits per heavy atom. The van der Waals surface area contributed by atoms with Crippen LogP contribution in [0.3, 0.4) is 0 Å². The number of nitrogens with one attached hydrogen (secondary N) is 1. The van der Waals surface area contributed by atoms with Gasteiger partial charge in [-0.1, -0.05) is 26.2 Å². The molecule has 1 aromatic heterocycles. The van der Waals surface area contributed by atoms with Gasteiger partial charge in [0.2, 0.25) is 5.69 Å². The van der Waals surface area contributed by atoms with E-state index < -0.39 is 11.5 Å². The molecule has 1 rings (SSSR count). The van der Waals surface area contributed by atoms with Crippen LogP contribution < -0.4 is 5.56 Å². The van der Waals surface area contributed by atoms with Crippen LogP contribution in [0, 0.1) is 0 Å². The van der Waals surface area contributed by atoms with Crippen LogP contribution in [0.15, 0.2) is 4.79 Å². The molecule has 0 aromatic carbocycles. The highest BCUT2D eigenvalue weighted by Crippen LogP contribution is 1.99. The first kappa shape index (κ1) is 12.5. The van der Waals surface area contributed by atoms with Crippen molar-refractivity contribution in [3.8, 4) is 0 Å². The molecule has 0 aliphatic carbocycles. The number of aromatic amines is 1. The van der Waals surface area contributed by atoms with Crippen molar-refractivity contribution in [1.29, 1.82) is 0 Å². The Kier molecular flexibility index (Phi) is 4.75. The van der Waals surface area contributed by atoms with E-state index in [1.54, 1.807) is 0 Å². The monoisotopic (exact) mass is 227 g/mol. The van der Waals surface area contributed by atoms with Crippen LogP contribution in [0.1, 0.15) is 43.1 Å². The van der Waals surface area contributed by atoms with E-state index in [0.29, 0.717) is 6.54 Å². The molecule has 1 aromatic rings. The molecule has 90 valence electrons. The van der Waals surface area contributed by atoms with E-state index in [-0.39, 0.29) is 5.69 Å². The van der Waals surface area contributed by atoms with Crippen LogP contribution in [-0.4, -0.2) is 28.1 Å². The molecule has 0 fully saturated rings. The highest BCUT2D eigenvalue weighted by Gasteiger charge is 2.16. The van der Waals surface area contributed by atoms with Crippen molar-refractivity contribution in [3.63, 3.8) is 0 Å². The fourth-order valence-corrected chi connectivity index (χ4v) is 1.41. The van der Waals surface area contributed by atoms with Crippen LogP contribution >= 0.6 is 0 Å². The first-order chi connectivity index (χ1) is 7.70. The number of rotatable bonds is 6. The topological polar surface area (TPSA) is 77.0 Å². The highest BCUT2D eigenvalue weighted by molar-refractivity contribution is 5.86. The first-order valence-electron chi connectivity index (χ1n) is 5.44. The number of ether oxygens (including phenoxy) is 1. The zero-order chi connectivity index (χ0) is 12.0. The number of carbonyl (C=O) groups excluding carboxylic acids is 1. The molecule has 0 unspecified atom stereocenters. The third kappa shape index (κ3) is 2.95. The summed E-state index contributed by atoms with van der Waals surface area (Å²) in [5.41, 5.74) is -0.596. The van der Waals surface area contributed by atoms with Gasteiger partial charge < -0.3 is 4.74 Å². The maximum absolute atomic E-state index is 11.6. The van der Waals surface area contributed by atoms with Crippen LogP contribution in [0.5, 0.6) is 0 Å². The Bertz CT molecular complexity index is 394. The quantitative estimate of drug-likeness (QED) is 0.579. The minimum absolute atomic E-state index is 0.182. The molecule has 0 aliphatic heterocycles. The maximum atomic E-state index is 11.6. The van der Waals surface area contributed by atoms with Gasteiger partial charge in [-0.05, 0) is 6.42 Å². The summed E-state index contributed by atoms with van der Waals surface area (Å²) < 4.78 is 5.77. The zero-order valence-corrected chi connectivity index (χ0v) is 9.65. The van der Waals surface area contributed by atoms with Gasteiger partial charge in [-0.25, -0.2) is 14.7 Å². The number of hydrogen-bond donors (Lipinski definition) is 1. The average molecular weight is 227 g/mol. The Morgan fingerprint density at radius 1 is 1.44 bits per heavy atom. The van der Waals surface area contributed by atoms with Gasteiger partial charge in [-0.3, -0.25) is 4.79 Å². The molecule has 16 heavy (non-hydrogen) atoms. The minimum atomic E-state index is -0.700. The van der Waals surface area contributed by atoms with Crippen molar-refractivity contribution in [3.05, 3.63) is 16.0 Å². The van der Waals surface area contributed by atoms with E-state index >= 15 is 0 Å². The number of aromatic nitrogens is 3. The second-order valence-electron chi connectivity index (χ2n) is 3.57. The van der Waals surface area contributed by atoms with E-state index in [2.05, 4.69) is 22.0 Å². The van der Waals surface area contributed by atoms with Gasteiger partial charge in [0, 0.05) is 6.54 Å². The summed E-state index contributed by atoms with van der Waals surface area (Å²) in [5.74, 6) is -0.700. The van der Waals surface area contributed by atoms with Gasteiger partial charge in [0.15, 0.2) is 0 Å². The number of nitrogens with zero attached hydrogens (tertiary/aromatic N) is 2. The molecule has 0 saturated heterocycles. The lowest BCUT2D eigenvalue weighted by Crippen LogP contribution is -2.22. The predicted molar refractivity (Wildman–Crippen MR) is 58.3 cm³/mol. The molecular weight excluding hydrogens is 210 g/mol. The van der Waals surface area contributed by atoms with E-state index in [9.17, 15) is 9.59 Å². The first-order valence-corrected chi connectivity index (χ1v) is 5.44. The fourth-order valence-electron chi connectivity index (χ4n) is 1.41. The van der Waals surface area contributed by atoms with Gasteiger partial charge in [0.1, 0.15) is 0 Å². The molecule has 6 heteroatoms. The summed E-state index contributed by atoms with van der Waals surface area (Å²) in [6, 6.07) is 0. The third-order valence-electron chi connectivity index (χ3n) is 2.34. The van der Waals surface area contributed by atoms with Crippen LogP contribution in [0.2, 0.25) is 0 Å². The third-order valence-corrected chi connectivity index (χ3v) is 2.34. The summed E-state index contributed by atoms with van der Waals surface area (Å²) in [6.07, 6.45) is 4.25. The number of aryl methyl sites for hydroxylation is 1. The van der Waals surface area contributed by atoms with E-state index in [4.69, 9.17) is 0 Å². The molecule has 6 nitrogen and oxygen atoms in total. The molecule has 0 aliphatic rings. The van der Waals surface area contributed by atoms with Crippen LogP contribution in [0.25, 0.3) is 0 Å². The van der Waals surface area contributed by atoms with Crippen LogP contribution in [0.4, 0.5) is 0 Å². The lowest BCUT2D eigenvalue weighted by atomic mass is 10.2. The summed E-state index contributed by atoms with van der Waals surface area (Å²) in [4.78, 5) is 22.7. The SMILES string of the molecule is CCCCCCn1[nH]nc(C(=O)OC)c1=O. The van der Waals surface area contributed by atoms with E-state index in [1.807, 2.05) is 0 Å². The minimum Gasteiger partial charge on any atom is -0.464 e. The largest absolute Gasteiger partial charge is 0.464 e. The molecule has 0 bridgehead atoms. The number of H-pyrrole nitrogens is 1. The van der Waals surface area contributed by atoms with Crippen molar-refractivity contribution < 1.29 is 9.53 Å². The second kappa shape index (κ2) is 6.09. The molecule has 0 amide bonds. The maximum Gasteiger partial charge on any atom is 0.364 e. The molecule has 1 N–H and O–H groups in total. The van der Waals surface area contributed by atoms with Crippen molar-refractivity contribution in [2.75, 3.05) is 7.11 Å². The summed E-state index contributed by atoms with van der Waals surface area (Å²) in [6.45, 7) is 2.68. The Balaban J connectivity index is 2.59. The fraction of sp³-hybridized carbons (Fsp3) is 0.700. The Labute approximate surface area is 93.6 Å². The van der Waals surface area contributed by atoms with Crippen molar-refractivity contribution in [2.24, 2.45) is 0 Å². The Morgan fingerprint density at radius 2 is 2.19 bits per heavy atom.